The smallest absolute Gasteiger partial charge is 0.317 e. The number of nitrogens with zero attached hydrogens (tertiary/aromatic N) is 3. The molecule has 1 heterocycles. The summed E-state index contributed by atoms with van der Waals surface area (Å²) in [7, 11) is 3.20. The van der Waals surface area contributed by atoms with Crippen molar-refractivity contribution in [2.45, 2.75) is 19.4 Å². The van der Waals surface area contributed by atoms with Gasteiger partial charge in [-0.2, -0.15) is 5.10 Å². The topological polar surface area (TPSA) is 74.2 Å². The number of likely N-dealkylation sites (N-methyl/N-ethyl adjacent to an activating group) is 1. The number of hydrogen-bond acceptors (Lipinski definition) is 4. The van der Waals surface area contributed by atoms with Crippen LogP contribution in [0.1, 0.15) is 30.5 Å². The number of nitrogens with one attached hydrogen (secondary N) is 1. The molecule has 2 aromatic carbocycles. The summed E-state index contributed by atoms with van der Waals surface area (Å²) in [6.45, 7) is 2.24. The number of carbonyl (C=O) groups is 2. The first-order valence-corrected chi connectivity index (χ1v) is 10.1. The highest BCUT2D eigenvalue weighted by atomic mass is 35.5. The van der Waals surface area contributed by atoms with Crippen LogP contribution in [0.2, 0.25) is 5.02 Å². The van der Waals surface area contributed by atoms with Gasteiger partial charge in [0.05, 0.1) is 18.9 Å². The molecule has 0 bridgehead atoms. The summed E-state index contributed by atoms with van der Waals surface area (Å²) < 4.78 is 5.31. The number of methoxy groups -OCH3 is 1. The molecular formula is C22H25ClN4O3. The molecule has 7 nitrogen and oxygen atoms in total. The zero-order valence-corrected chi connectivity index (χ0v) is 18.0. The van der Waals surface area contributed by atoms with E-state index in [1.54, 1.807) is 26.3 Å². The Kier molecular flexibility index (Phi) is 6.95. The highest BCUT2D eigenvalue weighted by Gasteiger charge is 2.34. The maximum Gasteiger partial charge on any atom is 0.317 e. The van der Waals surface area contributed by atoms with Crippen molar-refractivity contribution in [3.05, 3.63) is 64.7 Å². The Morgan fingerprint density at radius 3 is 2.67 bits per heavy atom. The van der Waals surface area contributed by atoms with Crippen LogP contribution in [0.15, 0.2) is 53.6 Å². The van der Waals surface area contributed by atoms with Gasteiger partial charge in [-0.25, -0.2) is 9.80 Å². The van der Waals surface area contributed by atoms with Gasteiger partial charge in [0.1, 0.15) is 12.3 Å². The molecule has 0 spiro atoms. The molecule has 30 heavy (non-hydrogen) atoms. The van der Waals surface area contributed by atoms with Crippen LogP contribution in [0.3, 0.4) is 0 Å². The van der Waals surface area contributed by atoms with Crippen LogP contribution >= 0.6 is 11.6 Å². The van der Waals surface area contributed by atoms with Gasteiger partial charge in [0, 0.05) is 30.6 Å². The second-order valence-electron chi connectivity index (χ2n) is 6.98. The number of carbonyl (C=O) groups excluding carboxylic acids is 2. The summed E-state index contributed by atoms with van der Waals surface area (Å²) in [5.74, 6) is 0.459. The van der Waals surface area contributed by atoms with E-state index in [9.17, 15) is 9.59 Å². The van der Waals surface area contributed by atoms with E-state index in [1.807, 2.05) is 43.3 Å². The van der Waals surface area contributed by atoms with Crippen LogP contribution in [-0.2, 0) is 4.79 Å². The third kappa shape index (κ3) is 4.91. The van der Waals surface area contributed by atoms with E-state index in [-0.39, 0.29) is 24.5 Å². The van der Waals surface area contributed by atoms with Crippen molar-refractivity contribution in [3.63, 3.8) is 0 Å². The number of halogens is 1. The summed E-state index contributed by atoms with van der Waals surface area (Å²) in [4.78, 5) is 26.4. The molecule has 1 atom stereocenters. The lowest BCUT2D eigenvalue weighted by Gasteiger charge is -2.25. The molecule has 0 aliphatic carbocycles. The van der Waals surface area contributed by atoms with Gasteiger partial charge in [-0.3, -0.25) is 4.79 Å². The van der Waals surface area contributed by atoms with Crippen molar-refractivity contribution in [2.24, 2.45) is 5.10 Å². The Morgan fingerprint density at radius 1 is 1.27 bits per heavy atom. The molecule has 8 heteroatoms. The largest absolute Gasteiger partial charge is 0.497 e. The van der Waals surface area contributed by atoms with E-state index in [4.69, 9.17) is 16.3 Å². The van der Waals surface area contributed by atoms with E-state index in [0.717, 1.165) is 22.6 Å². The van der Waals surface area contributed by atoms with Gasteiger partial charge in [0.25, 0.3) is 5.91 Å². The van der Waals surface area contributed by atoms with Crippen molar-refractivity contribution in [2.75, 3.05) is 27.2 Å². The fourth-order valence-electron chi connectivity index (χ4n) is 3.30. The lowest BCUT2D eigenvalue weighted by atomic mass is 9.98. The van der Waals surface area contributed by atoms with E-state index in [1.165, 1.54) is 9.91 Å². The van der Waals surface area contributed by atoms with E-state index >= 15 is 0 Å². The number of ether oxygens (including phenoxy) is 1. The maximum atomic E-state index is 13.1. The number of rotatable bonds is 6. The van der Waals surface area contributed by atoms with Crippen molar-refractivity contribution >= 4 is 29.3 Å². The SMILES string of the molecule is CCNC(=O)N(C)CC(=O)N1N=C(c2cccc(OC)c2)CC1c1ccc(Cl)cc1. The van der Waals surface area contributed by atoms with Crippen LogP contribution < -0.4 is 10.1 Å². The molecule has 1 aliphatic heterocycles. The Labute approximate surface area is 181 Å². The first-order valence-electron chi connectivity index (χ1n) is 9.71. The summed E-state index contributed by atoms with van der Waals surface area (Å²) >= 11 is 6.03. The van der Waals surface area contributed by atoms with Crippen molar-refractivity contribution in [1.82, 2.24) is 15.2 Å². The molecule has 0 fully saturated rings. The van der Waals surface area contributed by atoms with Crippen molar-refractivity contribution in [3.8, 4) is 5.75 Å². The van der Waals surface area contributed by atoms with Crippen molar-refractivity contribution in [1.29, 1.82) is 0 Å². The number of hydrazone groups is 1. The van der Waals surface area contributed by atoms with E-state index in [2.05, 4.69) is 10.4 Å². The Balaban J connectivity index is 1.89. The summed E-state index contributed by atoms with van der Waals surface area (Å²) in [5, 5.41) is 9.41. The number of amides is 3. The second-order valence-corrected chi connectivity index (χ2v) is 7.42. The lowest BCUT2D eigenvalue weighted by molar-refractivity contribution is -0.133. The fourth-order valence-corrected chi connectivity index (χ4v) is 3.42. The third-order valence-corrected chi connectivity index (χ3v) is 5.12. The molecule has 158 valence electrons. The van der Waals surface area contributed by atoms with Gasteiger partial charge in [-0.1, -0.05) is 35.9 Å². The minimum atomic E-state index is -0.301. The number of urea groups is 1. The highest BCUT2D eigenvalue weighted by Crippen LogP contribution is 2.34. The Hall–Kier alpha value is -3.06. The number of hydrogen-bond donors (Lipinski definition) is 1. The van der Waals surface area contributed by atoms with Gasteiger partial charge < -0.3 is 15.0 Å². The quantitative estimate of drug-likeness (QED) is 0.762. The average Bonchev–Trinajstić information content (AvgIpc) is 3.20. The van der Waals surface area contributed by atoms with Gasteiger partial charge in [0.15, 0.2) is 0 Å². The minimum Gasteiger partial charge on any atom is -0.497 e. The zero-order valence-electron chi connectivity index (χ0n) is 17.3. The molecule has 0 saturated heterocycles. The molecule has 2 aromatic rings. The first-order chi connectivity index (χ1) is 14.4. The van der Waals surface area contributed by atoms with Crippen LogP contribution in [0.4, 0.5) is 4.79 Å². The predicted molar refractivity (Wildman–Crippen MR) is 117 cm³/mol. The maximum absolute atomic E-state index is 13.1. The third-order valence-electron chi connectivity index (χ3n) is 4.87. The van der Waals surface area contributed by atoms with Crippen LogP contribution in [0, 0.1) is 0 Å². The van der Waals surface area contributed by atoms with Crippen LogP contribution in [0.5, 0.6) is 5.75 Å². The standard InChI is InChI=1S/C22H25ClN4O3/c1-4-24-22(29)26(2)14-21(28)27-20(15-8-10-17(23)11-9-15)13-19(25-27)16-6-5-7-18(12-16)30-3/h5-12,20H,4,13-14H2,1-3H3,(H,24,29). The molecule has 3 amide bonds. The minimum absolute atomic E-state index is 0.0786. The van der Waals surface area contributed by atoms with Gasteiger partial charge in [0.2, 0.25) is 0 Å². The Bertz CT molecular complexity index is 946. The number of benzene rings is 2. The van der Waals surface area contributed by atoms with Crippen LogP contribution in [-0.4, -0.2) is 54.8 Å². The van der Waals surface area contributed by atoms with E-state index in [0.29, 0.717) is 18.0 Å². The van der Waals surface area contributed by atoms with Crippen molar-refractivity contribution < 1.29 is 14.3 Å². The van der Waals surface area contributed by atoms with Gasteiger partial charge >= 0.3 is 6.03 Å². The predicted octanol–water partition coefficient (Wildman–Crippen LogP) is 3.69. The normalized spacial score (nSPS) is 15.5. The van der Waals surface area contributed by atoms with E-state index < -0.39 is 0 Å². The summed E-state index contributed by atoms with van der Waals surface area (Å²) in [6, 6.07) is 14.4. The fraction of sp³-hybridized carbons (Fsp3) is 0.318. The van der Waals surface area contributed by atoms with Gasteiger partial charge in [-0.05, 0) is 36.8 Å². The highest BCUT2D eigenvalue weighted by molar-refractivity contribution is 6.30. The lowest BCUT2D eigenvalue weighted by Crippen LogP contribution is -2.43. The molecule has 1 N–H and O–H groups in total. The monoisotopic (exact) mass is 428 g/mol. The van der Waals surface area contributed by atoms with Gasteiger partial charge in [-0.15, -0.1) is 0 Å². The molecular weight excluding hydrogens is 404 g/mol. The first kappa shape index (κ1) is 21.6. The second kappa shape index (κ2) is 9.63. The molecule has 3 rings (SSSR count). The molecule has 0 saturated carbocycles. The zero-order chi connectivity index (χ0) is 21.7. The average molecular weight is 429 g/mol. The molecule has 0 aromatic heterocycles. The Morgan fingerprint density at radius 2 is 2.00 bits per heavy atom. The molecule has 1 unspecified atom stereocenters. The molecule has 0 radical (unpaired) electrons. The molecule has 1 aliphatic rings. The summed E-state index contributed by atoms with van der Waals surface area (Å²) in [5.41, 5.74) is 2.60. The summed E-state index contributed by atoms with van der Waals surface area (Å²) in [6.07, 6.45) is 0.547. The van der Waals surface area contributed by atoms with Crippen LogP contribution in [0.25, 0.3) is 0 Å².